The number of hydrogen-bond donors (Lipinski definition) is 0. The second kappa shape index (κ2) is 6.20. The summed E-state index contributed by atoms with van der Waals surface area (Å²) in [4.78, 5) is 3.87. The lowest BCUT2D eigenvalue weighted by atomic mass is 9.92. The quantitative estimate of drug-likeness (QED) is 0.129. The van der Waals surface area contributed by atoms with E-state index in [4.69, 9.17) is 6.57 Å². The van der Waals surface area contributed by atoms with E-state index in [1.165, 1.54) is 65.7 Å². The second-order valence-electron chi connectivity index (χ2n) is 9.97. The van der Waals surface area contributed by atoms with Gasteiger partial charge in [0.25, 0.3) is 0 Å². The number of pyridine rings is 2. The van der Waals surface area contributed by atoms with Crippen LogP contribution in [0.3, 0.4) is 0 Å². The van der Waals surface area contributed by atoms with Gasteiger partial charge in [0, 0.05) is 30.7 Å². The molecule has 0 saturated heterocycles. The van der Waals surface area contributed by atoms with Gasteiger partial charge in [-0.1, -0.05) is 30.3 Å². The van der Waals surface area contributed by atoms with Gasteiger partial charge in [-0.3, -0.25) is 0 Å². The Hall–Kier alpha value is -3.64. The summed E-state index contributed by atoms with van der Waals surface area (Å²) in [7, 11) is 2.15. The first-order chi connectivity index (χ1) is 15.3. The third-order valence-electron chi connectivity index (χ3n) is 6.99. The summed E-state index contributed by atoms with van der Waals surface area (Å²) >= 11 is 0. The molecule has 6 aromatic rings. The number of rotatable bonds is 2. The Morgan fingerprint density at radius 1 is 0.938 bits per heavy atom. The van der Waals surface area contributed by atoms with Crippen molar-refractivity contribution in [2.75, 3.05) is 0 Å². The molecule has 0 bridgehead atoms. The Morgan fingerprint density at radius 3 is 2.50 bits per heavy atom. The topological polar surface area (TPSA) is 12.7 Å². The van der Waals surface area contributed by atoms with Crippen molar-refractivity contribution in [3.05, 3.63) is 82.8 Å². The van der Waals surface area contributed by atoms with E-state index in [1.54, 1.807) is 0 Å². The van der Waals surface area contributed by atoms with E-state index in [2.05, 4.69) is 89.4 Å². The van der Waals surface area contributed by atoms with Gasteiger partial charge in [0.05, 0.1) is 33.7 Å². The van der Waals surface area contributed by atoms with Crippen molar-refractivity contribution in [1.29, 1.82) is 0 Å². The Kier molecular flexibility index (Phi) is 3.70. The molecule has 3 heterocycles. The van der Waals surface area contributed by atoms with Gasteiger partial charge in [-0.05, 0) is 48.1 Å². The molecule has 3 nitrogen and oxygen atoms in total. The maximum Gasteiger partial charge on any atom is 0.231 e. The lowest BCUT2D eigenvalue weighted by Gasteiger charge is -2.16. The summed E-state index contributed by atoms with van der Waals surface area (Å²) in [6.07, 6.45) is 2.91. The fraction of sp³-hybridized carbons (Fsp3) is 0.241. The molecule has 0 amide bonds. The number of aromatic nitrogens is 2. The van der Waals surface area contributed by atoms with Crippen molar-refractivity contribution in [3.63, 3.8) is 0 Å². The molecule has 0 aliphatic rings. The van der Waals surface area contributed by atoms with E-state index in [0.717, 1.165) is 6.42 Å². The fourth-order valence-electron chi connectivity index (χ4n) is 5.53. The van der Waals surface area contributed by atoms with E-state index >= 15 is 0 Å². The summed E-state index contributed by atoms with van der Waals surface area (Å²) in [5.74, 6) is 0. The lowest BCUT2D eigenvalue weighted by molar-refractivity contribution is -0.643. The van der Waals surface area contributed by atoms with Crippen LogP contribution in [0.15, 0.2) is 54.7 Å². The van der Waals surface area contributed by atoms with Crippen LogP contribution < -0.4 is 4.57 Å². The van der Waals surface area contributed by atoms with Gasteiger partial charge in [-0.25, -0.2) is 11.1 Å². The zero-order valence-electron chi connectivity index (χ0n) is 19.2. The number of aryl methyl sites for hydroxylation is 3. The zero-order chi connectivity index (χ0) is 22.4. The Bertz CT molecular complexity index is 1760. The summed E-state index contributed by atoms with van der Waals surface area (Å²) in [6.45, 7) is 16.1. The van der Waals surface area contributed by atoms with Crippen molar-refractivity contribution in [2.24, 2.45) is 7.05 Å². The summed E-state index contributed by atoms with van der Waals surface area (Å²) in [5, 5.41) is 6.45. The molecule has 0 N–H and O–H groups in total. The monoisotopic (exact) mass is 416 g/mol. The average Bonchev–Trinajstić information content (AvgIpc) is 3.08. The normalized spacial score (nSPS) is 12.6. The molecular formula is C29H26N3+. The Balaban J connectivity index is 1.94. The van der Waals surface area contributed by atoms with Crippen molar-refractivity contribution in [1.82, 2.24) is 4.40 Å². The van der Waals surface area contributed by atoms with Crippen molar-refractivity contribution < 1.29 is 4.57 Å². The van der Waals surface area contributed by atoms with Crippen molar-refractivity contribution in [2.45, 2.75) is 39.7 Å². The van der Waals surface area contributed by atoms with Crippen LogP contribution in [0.4, 0.5) is 0 Å². The summed E-state index contributed by atoms with van der Waals surface area (Å²) < 4.78 is 4.74. The van der Waals surface area contributed by atoms with Crippen molar-refractivity contribution in [3.8, 4) is 0 Å². The SMILES string of the molecule is [C-]#[N+]C(C)(C)Cc1cc2cc[n+](C)c3c4c(C)ccc5c6ccc(C)cc6n(c(c1)c23)c54. The largest absolute Gasteiger partial charge is 0.311 e. The molecule has 3 aromatic heterocycles. The minimum absolute atomic E-state index is 0.420. The van der Waals surface area contributed by atoms with Crippen LogP contribution in [-0.2, 0) is 13.5 Å². The highest BCUT2D eigenvalue weighted by atomic mass is 15.0. The zero-order valence-corrected chi connectivity index (χ0v) is 19.2. The molecule has 0 aliphatic heterocycles. The highest BCUT2D eigenvalue weighted by Crippen LogP contribution is 2.41. The first-order valence-corrected chi connectivity index (χ1v) is 11.2. The minimum atomic E-state index is -0.420. The molecular weight excluding hydrogens is 390 g/mol. The summed E-state index contributed by atoms with van der Waals surface area (Å²) in [5.41, 5.74) is 8.42. The van der Waals surface area contributed by atoms with Gasteiger partial charge >= 0.3 is 0 Å². The van der Waals surface area contributed by atoms with Gasteiger partial charge in [-0.2, -0.15) is 0 Å². The van der Waals surface area contributed by atoms with Crippen molar-refractivity contribution >= 4 is 49.0 Å². The third-order valence-corrected chi connectivity index (χ3v) is 6.99. The molecule has 0 atom stereocenters. The number of hydrogen-bond acceptors (Lipinski definition) is 0. The summed E-state index contributed by atoms with van der Waals surface area (Å²) in [6, 6.07) is 18.1. The van der Waals surface area contributed by atoms with Crippen LogP contribution in [0.1, 0.15) is 30.5 Å². The molecule has 3 aromatic carbocycles. The lowest BCUT2D eigenvalue weighted by Crippen LogP contribution is -2.29. The standard InChI is InChI=1S/C29H26N3/c1-17-7-9-21-22-10-8-18(2)25-27(22)32(23(21)13-17)24-15-19(16-29(3,4)30-5)14-20-11-12-31(6)28(25)26(20)24/h7-15H,16H2,1-4,6H3/q+1. The number of fused-ring (bicyclic) bond motifs is 5. The maximum atomic E-state index is 7.63. The van der Waals surface area contributed by atoms with Gasteiger partial charge < -0.3 is 9.25 Å². The maximum absolute atomic E-state index is 7.63. The van der Waals surface area contributed by atoms with E-state index in [-0.39, 0.29) is 0 Å². The number of nitrogens with zero attached hydrogens (tertiary/aromatic N) is 3. The van der Waals surface area contributed by atoms with Crippen LogP contribution in [0.25, 0.3) is 53.8 Å². The predicted molar refractivity (Wildman–Crippen MR) is 134 cm³/mol. The van der Waals surface area contributed by atoms with Gasteiger partial charge in [0.1, 0.15) is 7.05 Å². The van der Waals surface area contributed by atoms with E-state index < -0.39 is 5.54 Å². The molecule has 3 heteroatoms. The molecule has 0 radical (unpaired) electrons. The highest BCUT2D eigenvalue weighted by molar-refractivity contribution is 6.25. The van der Waals surface area contributed by atoms with Crippen LogP contribution in [0.2, 0.25) is 0 Å². The van der Waals surface area contributed by atoms with E-state index in [9.17, 15) is 0 Å². The van der Waals surface area contributed by atoms with Crippen LogP contribution in [0, 0.1) is 20.4 Å². The van der Waals surface area contributed by atoms with Gasteiger partial charge in [0.2, 0.25) is 11.1 Å². The third kappa shape index (κ3) is 2.44. The van der Waals surface area contributed by atoms with Gasteiger partial charge in [0.15, 0.2) is 6.20 Å². The molecule has 0 saturated carbocycles. The molecule has 32 heavy (non-hydrogen) atoms. The minimum Gasteiger partial charge on any atom is -0.311 e. The Labute approximate surface area is 187 Å². The second-order valence-corrected chi connectivity index (χ2v) is 9.97. The average molecular weight is 417 g/mol. The van der Waals surface area contributed by atoms with Gasteiger partial charge in [-0.15, -0.1) is 0 Å². The smallest absolute Gasteiger partial charge is 0.231 e. The molecule has 0 unspecified atom stereocenters. The van der Waals surface area contributed by atoms with Crippen LogP contribution in [0.5, 0.6) is 0 Å². The molecule has 0 fully saturated rings. The number of benzene rings is 3. The first kappa shape index (κ1) is 19.1. The Morgan fingerprint density at radius 2 is 1.72 bits per heavy atom. The molecule has 6 rings (SSSR count). The molecule has 156 valence electrons. The van der Waals surface area contributed by atoms with Crippen LogP contribution in [-0.4, -0.2) is 9.94 Å². The molecule has 0 aliphatic carbocycles. The van der Waals surface area contributed by atoms with Crippen LogP contribution >= 0.6 is 0 Å². The fourth-order valence-corrected chi connectivity index (χ4v) is 5.53. The van der Waals surface area contributed by atoms with E-state index in [1.807, 2.05) is 13.8 Å². The first-order valence-electron chi connectivity index (χ1n) is 11.2. The highest BCUT2D eigenvalue weighted by Gasteiger charge is 2.27. The van der Waals surface area contributed by atoms with E-state index in [0.29, 0.717) is 0 Å². The molecule has 0 spiro atoms. The predicted octanol–water partition coefficient (Wildman–Crippen LogP) is 6.67.